The largest absolute Gasteiger partial charge is 0.419 e. The van der Waals surface area contributed by atoms with Crippen molar-refractivity contribution in [3.05, 3.63) is 0 Å². The monoisotopic (exact) mass is 158 g/mol. The summed E-state index contributed by atoms with van der Waals surface area (Å²) < 4.78 is 35.0. The summed E-state index contributed by atoms with van der Waals surface area (Å²) in [6.45, 7) is 1.41. The lowest BCUT2D eigenvalue weighted by Gasteiger charge is -2.28. The molecule has 5 heteroatoms. The average molecular weight is 158 g/mol. The highest BCUT2D eigenvalue weighted by atomic mass is 19.4. The Morgan fingerprint density at radius 3 is 1.60 bits per heavy atom. The van der Waals surface area contributed by atoms with Crippen LogP contribution in [0.4, 0.5) is 13.2 Å². The van der Waals surface area contributed by atoms with Crippen LogP contribution in [-0.2, 0) is 0 Å². The van der Waals surface area contributed by atoms with Crippen LogP contribution < -0.4 is 0 Å². The summed E-state index contributed by atoms with van der Waals surface area (Å²) in [5, 5.41) is 17.0. The fraction of sp³-hybridized carbons (Fsp3) is 1.00. The highest BCUT2D eigenvalue weighted by molar-refractivity contribution is 4.86. The maximum Gasteiger partial charge on any atom is 0.419 e. The van der Waals surface area contributed by atoms with E-state index >= 15 is 0 Å². The predicted octanol–water partition coefficient (Wildman–Crippen LogP) is 0.681. The van der Waals surface area contributed by atoms with Gasteiger partial charge in [-0.15, -0.1) is 0 Å². The van der Waals surface area contributed by atoms with Gasteiger partial charge in [-0.1, -0.05) is 0 Å². The highest BCUT2D eigenvalue weighted by Crippen LogP contribution is 2.32. The van der Waals surface area contributed by atoms with Crippen molar-refractivity contribution in [1.29, 1.82) is 0 Å². The van der Waals surface area contributed by atoms with Crippen LogP contribution in [0, 0.1) is 0 Å². The fourth-order valence-electron chi connectivity index (χ4n) is 0.237. The number of aliphatic hydroxyl groups excluding tert-OH is 1. The van der Waals surface area contributed by atoms with Crippen LogP contribution >= 0.6 is 0 Å². The highest BCUT2D eigenvalue weighted by Gasteiger charge is 2.53. The molecule has 0 heterocycles. The molecule has 62 valence electrons. The third-order valence-electron chi connectivity index (χ3n) is 1.39. The van der Waals surface area contributed by atoms with Gasteiger partial charge in [-0.05, 0) is 13.8 Å². The molecule has 2 nitrogen and oxygen atoms in total. The molecule has 0 aromatic carbocycles. The van der Waals surface area contributed by atoms with E-state index in [0.717, 1.165) is 6.92 Å². The zero-order valence-corrected chi connectivity index (χ0v) is 5.61. The lowest BCUT2D eigenvalue weighted by molar-refractivity contribution is -0.279. The van der Waals surface area contributed by atoms with Gasteiger partial charge in [0.1, 0.15) is 0 Å². The molecule has 0 aliphatic rings. The van der Waals surface area contributed by atoms with Gasteiger partial charge in [0, 0.05) is 0 Å². The van der Waals surface area contributed by atoms with Crippen molar-refractivity contribution < 1.29 is 23.4 Å². The minimum absolute atomic E-state index is 0.525. The van der Waals surface area contributed by atoms with Crippen LogP contribution in [0.5, 0.6) is 0 Å². The Kier molecular flexibility index (Phi) is 2.32. The van der Waals surface area contributed by atoms with Gasteiger partial charge in [0.2, 0.25) is 0 Å². The van der Waals surface area contributed by atoms with Crippen molar-refractivity contribution in [2.45, 2.75) is 31.7 Å². The molecule has 0 aliphatic heterocycles. The van der Waals surface area contributed by atoms with Crippen molar-refractivity contribution in [2.75, 3.05) is 0 Å². The number of alkyl halides is 3. The molecular formula is C5H9F3O2. The SMILES string of the molecule is CC(O)C(C)(O)C(F)(F)F. The number of aliphatic hydroxyl groups is 2. The van der Waals surface area contributed by atoms with Gasteiger partial charge in [0.15, 0.2) is 5.60 Å². The van der Waals surface area contributed by atoms with Gasteiger partial charge in [-0.25, -0.2) is 0 Å². The Bertz CT molecular complexity index is 117. The van der Waals surface area contributed by atoms with E-state index in [1.165, 1.54) is 0 Å². The fourth-order valence-corrected chi connectivity index (χ4v) is 0.237. The molecule has 10 heavy (non-hydrogen) atoms. The van der Waals surface area contributed by atoms with E-state index in [0.29, 0.717) is 6.92 Å². The molecular weight excluding hydrogens is 149 g/mol. The van der Waals surface area contributed by atoms with Gasteiger partial charge in [-0.3, -0.25) is 0 Å². The van der Waals surface area contributed by atoms with Gasteiger partial charge < -0.3 is 10.2 Å². The second kappa shape index (κ2) is 2.39. The maximum atomic E-state index is 11.7. The molecule has 2 unspecified atom stereocenters. The molecule has 0 saturated carbocycles. The first-order valence-corrected chi connectivity index (χ1v) is 2.66. The van der Waals surface area contributed by atoms with Crippen LogP contribution in [0.3, 0.4) is 0 Å². The van der Waals surface area contributed by atoms with Crippen LogP contribution in [0.25, 0.3) is 0 Å². The van der Waals surface area contributed by atoms with Crippen molar-refractivity contribution in [3.63, 3.8) is 0 Å². The molecule has 2 atom stereocenters. The van der Waals surface area contributed by atoms with E-state index in [1.54, 1.807) is 0 Å². The Balaban J connectivity index is 4.40. The molecule has 0 amide bonds. The Labute approximate surface area is 56.3 Å². The first-order valence-electron chi connectivity index (χ1n) is 2.66. The van der Waals surface area contributed by atoms with Gasteiger partial charge in [0.05, 0.1) is 6.10 Å². The zero-order valence-electron chi connectivity index (χ0n) is 5.61. The van der Waals surface area contributed by atoms with Crippen molar-refractivity contribution in [1.82, 2.24) is 0 Å². The number of rotatable bonds is 1. The summed E-state index contributed by atoms with van der Waals surface area (Å²) in [7, 11) is 0. The average Bonchev–Trinajstić information content (AvgIpc) is 1.62. The molecule has 0 aliphatic carbocycles. The Morgan fingerprint density at radius 2 is 1.60 bits per heavy atom. The summed E-state index contributed by atoms with van der Waals surface area (Å²) in [6.07, 6.45) is -6.59. The van der Waals surface area contributed by atoms with E-state index in [2.05, 4.69) is 0 Å². The first-order chi connectivity index (χ1) is 4.19. The molecule has 0 saturated heterocycles. The number of hydrogen-bond acceptors (Lipinski definition) is 2. The third-order valence-corrected chi connectivity index (χ3v) is 1.39. The van der Waals surface area contributed by atoms with E-state index < -0.39 is 17.9 Å². The van der Waals surface area contributed by atoms with Gasteiger partial charge >= 0.3 is 6.18 Å². The van der Waals surface area contributed by atoms with Crippen LogP contribution in [-0.4, -0.2) is 28.1 Å². The van der Waals surface area contributed by atoms with Crippen LogP contribution in [0.2, 0.25) is 0 Å². The van der Waals surface area contributed by atoms with Crippen molar-refractivity contribution in [2.24, 2.45) is 0 Å². The number of hydrogen-bond donors (Lipinski definition) is 2. The quantitative estimate of drug-likeness (QED) is 0.589. The van der Waals surface area contributed by atoms with E-state index in [-0.39, 0.29) is 0 Å². The zero-order chi connectivity index (χ0) is 8.58. The summed E-state index contributed by atoms with van der Waals surface area (Å²) in [5.74, 6) is 0. The second-order valence-corrected chi connectivity index (χ2v) is 2.32. The first kappa shape index (κ1) is 9.71. The van der Waals surface area contributed by atoms with E-state index in [4.69, 9.17) is 10.2 Å². The lowest BCUT2D eigenvalue weighted by Crippen LogP contribution is -2.50. The molecule has 0 bridgehead atoms. The minimum Gasteiger partial charge on any atom is -0.390 e. The van der Waals surface area contributed by atoms with Crippen LogP contribution in [0.15, 0.2) is 0 Å². The van der Waals surface area contributed by atoms with E-state index in [1.807, 2.05) is 0 Å². The van der Waals surface area contributed by atoms with E-state index in [9.17, 15) is 13.2 Å². The van der Waals surface area contributed by atoms with Crippen molar-refractivity contribution in [3.8, 4) is 0 Å². The standard InChI is InChI=1S/C5H9F3O2/c1-3(9)4(2,10)5(6,7)8/h3,9-10H,1-2H3. The van der Waals surface area contributed by atoms with Crippen LogP contribution in [0.1, 0.15) is 13.8 Å². The normalized spacial score (nSPS) is 21.9. The van der Waals surface area contributed by atoms with Crippen molar-refractivity contribution >= 4 is 0 Å². The molecule has 2 N–H and O–H groups in total. The summed E-state index contributed by atoms with van der Waals surface area (Å²) in [6, 6.07) is 0. The predicted molar refractivity (Wildman–Crippen MR) is 28.4 cm³/mol. The molecule has 0 aromatic rings. The molecule has 0 rings (SSSR count). The Hall–Kier alpha value is -0.290. The minimum atomic E-state index is -4.78. The topological polar surface area (TPSA) is 40.5 Å². The molecule has 0 radical (unpaired) electrons. The smallest absolute Gasteiger partial charge is 0.390 e. The Morgan fingerprint density at radius 1 is 1.30 bits per heavy atom. The lowest BCUT2D eigenvalue weighted by atomic mass is 10.0. The second-order valence-electron chi connectivity index (χ2n) is 2.32. The third kappa shape index (κ3) is 1.60. The number of halogens is 3. The summed E-state index contributed by atoms with van der Waals surface area (Å²) >= 11 is 0. The molecule has 0 aromatic heterocycles. The van der Waals surface area contributed by atoms with Gasteiger partial charge in [-0.2, -0.15) is 13.2 Å². The molecule has 0 spiro atoms. The van der Waals surface area contributed by atoms with Gasteiger partial charge in [0.25, 0.3) is 0 Å². The maximum absolute atomic E-state index is 11.7. The summed E-state index contributed by atoms with van der Waals surface area (Å²) in [4.78, 5) is 0. The summed E-state index contributed by atoms with van der Waals surface area (Å²) in [5.41, 5.74) is -3.01. The molecule has 0 fully saturated rings.